The number of aromatic nitrogens is 3. The van der Waals surface area contributed by atoms with Crippen molar-refractivity contribution in [3.63, 3.8) is 0 Å². The topological polar surface area (TPSA) is 56.7 Å². The summed E-state index contributed by atoms with van der Waals surface area (Å²) in [6.45, 7) is 0. The van der Waals surface area contributed by atoms with Crippen molar-refractivity contribution >= 4 is 16.7 Å². The molecule has 0 atom stereocenters. The third-order valence-corrected chi connectivity index (χ3v) is 2.82. The number of fused-ring (bicyclic) bond motifs is 1. The summed E-state index contributed by atoms with van der Waals surface area (Å²) >= 11 is 0. The van der Waals surface area contributed by atoms with Crippen LogP contribution in [0, 0.1) is 0 Å². The predicted molar refractivity (Wildman–Crippen MR) is 68.4 cm³/mol. The van der Waals surface area contributed by atoms with Crippen LogP contribution in [0.3, 0.4) is 0 Å². The van der Waals surface area contributed by atoms with Crippen molar-refractivity contribution in [1.82, 2.24) is 14.5 Å². The number of hydrogen-bond acceptors (Lipinski definition) is 3. The van der Waals surface area contributed by atoms with E-state index >= 15 is 0 Å². The number of hydrogen-bond donors (Lipinski definition) is 1. The first-order chi connectivity index (χ1) is 8.25. The molecule has 0 amide bonds. The highest BCUT2D eigenvalue weighted by Crippen LogP contribution is 2.24. The number of benzene rings is 1. The normalized spacial score (nSPS) is 10.9. The number of nitrogens with two attached hydrogens (primary N) is 1. The van der Waals surface area contributed by atoms with E-state index in [1.807, 2.05) is 48.1 Å². The molecule has 0 aliphatic heterocycles. The van der Waals surface area contributed by atoms with E-state index in [-0.39, 0.29) is 0 Å². The second-order valence-electron chi connectivity index (χ2n) is 3.98. The van der Waals surface area contributed by atoms with Gasteiger partial charge in [0.25, 0.3) is 0 Å². The lowest BCUT2D eigenvalue weighted by molar-refractivity contribution is 0.957. The van der Waals surface area contributed by atoms with E-state index in [1.54, 1.807) is 6.20 Å². The predicted octanol–water partition coefficient (Wildman–Crippen LogP) is 2.22. The maximum atomic E-state index is 5.76. The quantitative estimate of drug-likeness (QED) is 0.645. The Morgan fingerprint density at radius 1 is 1.24 bits per heavy atom. The monoisotopic (exact) mass is 224 g/mol. The Morgan fingerprint density at radius 3 is 2.88 bits per heavy atom. The van der Waals surface area contributed by atoms with Gasteiger partial charge in [-0.25, -0.2) is 4.98 Å². The number of pyridine rings is 1. The summed E-state index contributed by atoms with van der Waals surface area (Å²) in [6.07, 6.45) is 3.56. The minimum absolute atomic E-state index is 0.730. The molecule has 0 spiro atoms. The summed E-state index contributed by atoms with van der Waals surface area (Å²) in [7, 11) is 1.99. The lowest BCUT2D eigenvalue weighted by Crippen LogP contribution is -1.92. The summed E-state index contributed by atoms with van der Waals surface area (Å²) in [6, 6.07) is 9.66. The smallest absolute Gasteiger partial charge is 0.142 e. The number of nitrogens with zero attached hydrogens (tertiary/aromatic N) is 3. The van der Waals surface area contributed by atoms with E-state index in [4.69, 9.17) is 5.73 Å². The van der Waals surface area contributed by atoms with Gasteiger partial charge in [0.05, 0.1) is 11.0 Å². The number of rotatable bonds is 1. The molecule has 0 saturated heterocycles. The van der Waals surface area contributed by atoms with E-state index in [0.717, 1.165) is 28.1 Å². The van der Waals surface area contributed by atoms with Crippen LogP contribution in [-0.4, -0.2) is 14.5 Å². The fraction of sp³-hybridized carbons (Fsp3) is 0.0769. The summed E-state index contributed by atoms with van der Waals surface area (Å²) < 4.78 is 2.05. The van der Waals surface area contributed by atoms with Crippen molar-refractivity contribution < 1.29 is 0 Å². The van der Waals surface area contributed by atoms with Crippen molar-refractivity contribution in [2.75, 3.05) is 5.73 Å². The Morgan fingerprint density at radius 2 is 2.12 bits per heavy atom. The van der Waals surface area contributed by atoms with Gasteiger partial charge in [-0.3, -0.25) is 4.98 Å². The molecule has 4 heteroatoms. The summed E-state index contributed by atoms with van der Waals surface area (Å²) in [5.41, 5.74) is 9.47. The molecule has 2 aromatic heterocycles. The number of imidazole rings is 1. The van der Waals surface area contributed by atoms with Crippen LogP contribution in [0.4, 0.5) is 5.69 Å². The Hall–Kier alpha value is -2.36. The molecular formula is C13H12N4. The van der Waals surface area contributed by atoms with Gasteiger partial charge in [-0.2, -0.15) is 0 Å². The fourth-order valence-corrected chi connectivity index (χ4v) is 1.97. The van der Waals surface area contributed by atoms with Gasteiger partial charge in [0.15, 0.2) is 0 Å². The zero-order valence-electron chi connectivity index (χ0n) is 9.46. The molecule has 4 nitrogen and oxygen atoms in total. The minimum Gasteiger partial charge on any atom is -0.399 e. The zero-order valence-corrected chi connectivity index (χ0v) is 9.46. The van der Waals surface area contributed by atoms with Gasteiger partial charge >= 0.3 is 0 Å². The molecule has 0 saturated carbocycles. The highest BCUT2D eigenvalue weighted by atomic mass is 15.1. The van der Waals surface area contributed by atoms with Crippen LogP contribution in [-0.2, 0) is 7.05 Å². The van der Waals surface area contributed by atoms with Gasteiger partial charge in [-0.1, -0.05) is 0 Å². The van der Waals surface area contributed by atoms with Gasteiger partial charge in [0.1, 0.15) is 5.82 Å². The maximum absolute atomic E-state index is 5.76. The second-order valence-corrected chi connectivity index (χ2v) is 3.98. The molecule has 2 heterocycles. The van der Waals surface area contributed by atoms with E-state index in [1.165, 1.54) is 0 Å². The lowest BCUT2D eigenvalue weighted by atomic mass is 10.3. The summed E-state index contributed by atoms with van der Waals surface area (Å²) in [4.78, 5) is 8.70. The average molecular weight is 224 g/mol. The highest BCUT2D eigenvalue weighted by molar-refractivity contribution is 5.83. The van der Waals surface area contributed by atoms with Crippen LogP contribution in [0.15, 0.2) is 42.7 Å². The van der Waals surface area contributed by atoms with Crippen molar-refractivity contribution in [3.8, 4) is 11.4 Å². The first-order valence-corrected chi connectivity index (χ1v) is 5.38. The first-order valence-electron chi connectivity index (χ1n) is 5.38. The molecule has 3 rings (SSSR count). The zero-order chi connectivity index (χ0) is 11.8. The van der Waals surface area contributed by atoms with E-state index < -0.39 is 0 Å². The molecule has 17 heavy (non-hydrogen) atoms. The van der Waals surface area contributed by atoms with Gasteiger partial charge in [0.2, 0.25) is 0 Å². The molecule has 84 valence electrons. The third kappa shape index (κ3) is 1.54. The Balaban J connectivity index is 2.28. The van der Waals surface area contributed by atoms with Crippen LogP contribution in [0.5, 0.6) is 0 Å². The van der Waals surface area contributed by atoms with E-state index in [9.17, 15) is 0 Å². The average Bonchev–Trinajstić information content (AvgIpc) is 2.67. The first kappa shape index (κ1) is 9.84. The number of nitrogen functional groups attached to an aromatic ring is 1. The van der Waals surface area contributed by atoms with E-state index in [2.05, 4.69) is 9.97 Å². The van der Waals surface area contributed by atoms with Crippen LogP contribution in [0.25, 0.3) is 22.4 Å². The van der Waals surface area contributed by atoms with Crippen LogP contribution >= 0.6 is 0 Å². The molecule has 0 aliphatic carbocycles. The molecule has 0 bridgehead atoms. The molecule has 0 unspecified atom stereocenters. The Labute approximate surface area is 98.7 Å². The number of anilines is 1. The van der Waals surface area contributed by atoms with Gasteiger partial charge < -0.3 is 10.3 Å². The van der Waals surface area contributed by atoms with Gasteiger partial charge in [-0.05, 0) is 30.3 Å². The summed E-state index contributed by atoms with van der Waals surface area (Å²) in [5.74, 6) is 0.902. The van der Waals surface area contributed by atoms with Crippen molar-refractivity contribution in [2.45, 2.75) is 0 Å². The molecule has 0 radical (unpaired) electrons. The van der Waals surface area contributed by atoms with Crippen LogP contribution in [0.2, 0.25) is 0 Å². The SMILES string of the molecule is Cn1c(-c2cccnc2)nc2cc(N)ccc21. The van der Waals surface area contributed by atoms with Gasteiger partial charge in [0, 0.05) is 30.7 Å². The minimum atomic E-state index is 0.730. The maximum Gasteiger partial charge on any atom is 0.142 e. The third-order valence-electron chi connectivity index (χ3n) is 2.82. The largest absolute Gasteiger partial charge is 0.399 e. The van der Waals surface area contributed by atoms with E-state index in [0.29, 0.717) is 0 Å². The lowest BCUT2D eigenvalue weighted by Gasteiger charge is -2.01. The molecule has 3 aromatic rings. The highest BCUT2D eigenvalue weighted by Gasteiger charge is 2.09. The van der Waals surface area contributed by atoms with Crippen molar-refractivity contribution in [3.05, 3.63) is 42.7 Å². The van der Waals surface area contributed by atoms with Crippen molar-refractivity contribution in [1.29, 1.82) is 0 Å². The standard InChI is InChI=1S/C13H12N4/c1-17-12-5-4-10(14)7-11(12)16-13(17)9-3-2-6-15-8-9/h2-8H,14H2,1H3. The summed E-state index contributed by atoms with van der Waals surface area (Å²) in [5, 5.41) is 0. The molecule has 0 aliphatic rings. The van der Waals surface area contributed by atoms with Gasteiger partial charge in [-0.15, -0.1) is 0 Å². The Bertz CT molecular complexity index is 670. The number of aryl methyl sites for hydroxylation is 1. The van der Waals surface area contributed by atoms with Crippen molar-refractivity contribution in [2.24, 2.45) is 7.05 Å². The molecule has 1 aromatic carbocycles. The molecular weight excluding hydrogens is 212 g/mol. The van der Waals surface area contributed by atoms with Crippen LogP contribution in [0.1, 0.15) is 0 Å². The Kier molecular flexibility index (Phi) is 2.08. The molecule has 2 N–H and O–H groups in total. The molecule has 0 fully saturated rings. The van der Waals surface area contributed by atoms with Crippen LogP contribution < -0.4 is 5.73 Å². The second kappa shape index (κ2) is 3.59. The fourth-order valence-electron chi connectivity index (χ4n) is 1.97.